The molecule has 1 N–H and O–H groups in total. The molecule has 0 heterocycles. The molecule has 1 rings (SSSR count). The maximum absolute atomic E-state index is 11.4. The van der Waals surface area contributed by atoms with E-state index in [4.69, 9.17) is 15.1 Å². The molecular weight excluding hydrogens is 270 g/mol. The summed E-state index contributed by atoms with van der Waals surface area (Å²) in [6.45, 7) is 2.00. The molecule has 0 aromatic heterocycles. The quantitative estimate of drug-likeness (QED) is 0.587. The predicted octanol–water partition coefficient (Wildman–Crippen LogP) is 2.80. The molecule has 0 saturated heterocycles. The number of unbranched alkanes of at least 4 members (excludes halogenated alkanes) is 1. The lowest BCUT2D eigenvalue weighted by atomic mass is 10.0. The van der Waals surface area contributed by atoms with Crippen LogP contribution in [0.2, 0.25) is 0 Å². The largest absolute Gasteiger partial charge is 0.478 e. The van der Waals surface area contributed by atoms with E-state index in [1.807, 2.05) is 6.07 Å². The Kier molecular flexibility index (Phi) is 6.96. The van der Waals surface area contributed by atoms with Crippen LogP contribution < -0.4 is 0 Å². The molecule has 0 aliphatic heterocycles. The van der Waals surface area contributed by atoms with E-state index in [0.29, 0.717) is 6.42 Å². The number of carboxylic acids is 1. The van der Waals surface area contributed by atoms with Crippen LogP contribution in [0.1, 0.15) is 42.1 Å². The summed E-state index contributed by atoms with van der Waals surface area (Å²) in [6, 6.07) is 8.70. The van der Waals surface area contributed by atoms with E-state index in [1.54, 1.807) is 31.2 Å². The number of hydrogen-bond acceptors (Lipinski definition) is 4. The van der Waals surface area contributed by atoms with Crippen molar-refractivity contribution in [3.63, 3.8) is 0 Å². The van der Waals surface area contributed by atoms with Gasteiger partial charge in [-0.05, 0) is 43.9 Å². The molecule has 21 heavy (non-hydrogen) atoms. The molecule has 0 fully saturated rings. The summed E-state index contributed by atoms with van der Waals surface area (Å²) in [5.41, 5.74) is 1.32. The van der Waals surface area contributed by atoms with E-state index in [-0.39, 0.29) is 12.2 Å². The number of carbonyl (C=O) groups is 2. The van der Waals surface area contributed by atoms with E-state index in [0.717, 1.165) is 24.8 Å². The summed E-state index contributed by atoms with van der Waals surface area (Å²) in [4.78, 5) is 22.2. The molecule has 1 unspecified atom stereocenters. The number of rotatable bonds is 8. The van der Waals surface area contributed by atoms with Crippen LogP contribution >= 0.6 is 0 Å². The molecule has 5 heteroatoms. The second-order valence-corrected chi connectivity index (χ2v) is 4.68. The normalized spacial score (nSPS) is 11.4. The van der Waals surface area contributed by atoms with Gasteiger partial charge >= 0.3 is 11.9 Å². The first kappa shape index (κ1) is 16.7. The number of esters is 1. The van der Waals surface area contributed by atoms with Crippen molar-refractivity contribution in [1.82, 2.24) is 0 Å². The Balaban J connectivity index is 2.35. The summed E-state index contributed by atoms with van der Waals surface area (Å²) >= 11 is 0. The van der Waals surface area contributed by atoms with E-state index in [1.165, 1.54) is 0 Å². The second kappa shape index (κ2) is 8.75. The molecule has 0 spiro atoms. The smallest absolute Gasteiger partial charge is 0.335 e. The number of benzene rings is 1. The van der Waals surface area contributed by atoms with Gasteiger partial charge in [0.1, 0.15) is 5.92 Å². The summed E-state index contributed by atoms with van der Waals surface area (Å²) in [7, 11) is 0. The van der Waals surface area contributed by atoms with Gasteiger partial charge in [-0.2, -0.15) is 5.26 Å². The first-order chi connectivity index (χ1) is 10.1. The average Bonchev–Trinajstić information content (AvgIpc) is 2.48. The zero-order chi connectivity index (χ0) is 15.7. The minimum absolute atomic E-state index is 0.269. The summed E-state index contributed by atoms with van der Waals surface area (Å²) in [5, 5.41) is 17.7. The van der Waals surface area contributed by atoms with Crippen LogP contribution in [0.5, 0.6) is 0 Å². The van der Waals surface area contributed by atoms with Crippen LogP contribution in [0, 0.1) is 17.2 Å². The topological polar surface area (TPSA) is 87.4 Å². The van der Waals surface area contributed by atoms with Gasteiger partial charge in [-0.1, -0.05) is 18.6 Å². The Hall–Kier alpha value is -2.35. The summed E-state index contributed by atoms with van der Waals surface area (Å²) in [6.07, 6.45) is 2.87. The Morgan fingerprint density at radius 1 is 1.29 bits per heavy atom. The lowest BCUT2D eigenvalue weighted by Gasteiger charge is -2.08. The van der Waals surface area contributed by atoms with Crippen LogP contribution in [-0.2, 0) is 16.0 Å². The van der Waals surface area contributed by atoms with Crippen molar-refractivity contribution < 1.29 is 19.4 Å². The van der Waals surface area contributed by atoms with Crippen molar-refractivity contribution in [2.24, 2.45) is 5.92 Å². The molecular formula is C16H19NO4. The lowest BCUT2D eigenvalue weighted by molar-refractivity contribution is -0.146. The molecule has 0 aliphatic carbocycles. The Morgan fingerprint density at radius 2 is 1.95 bits per heavy atom. The summed E-state index contributed by atoms with van der Waals surface area (Å²) < 4.78 is 4.83. The minimum atomic E-state index is -0.937. The van der Waals surface area contributed by atoms with Gasteiger partial charge in [-0.25, -0.2) is 4.79 Å². The fourth-order valence-electron chi connectivity index (χ4n) is 1.97. The van der Waals surface area contributed by atoms with E-state index >= 15 is 0 Å². The predicted molar refractivity (Wildman–Crippen MR) is 76.7 cm³/mol. The van der Waals surface area contributed by atoms with E-state index < -0.39 is 17.9 Å². The second-order valence-electron chi connectivity index (χ2n) is 4.68. The fraction of sp³-hybridized carbons (Fsp3) is 0.438. The highest BCUT2D eigenvalue weighted by Crippen LogP contribution is 2.13. The number of ether oxygens (including phenoxy) is 1. The summed E-state index contributed by atoms with van der Waals surface area (Å²) in [5.74, 6) is -2.09. The zero-order valence-electron chi connectivity index (χ0n) is 12.0. The average molecular weight is 289 g/mol. The minimum Gasteiger partial charge on any atom is -0.478 e. The number of aromatic carboxylic acids is 1. The van der Waals surface area contributed by atoms with Crippen molar-refractivity contribution in [1.29, 1.82) is 5.26 Å². The highest BCUT2D eigenvalue weighted by molar-refractivity contribution is 5.87. The number of nitrogens with zero attached hydrogens (tertiary/aromatic N) is 1. The SMILES string of the molecule is CCOC(=O)C(C#N)CCCCc1ccc(C(=O)O)cc1. The monoisotopic (exact) mass is 289 g/mol. The third-order valence-corrected chi connectivity index (χ3v) is 3.14. The number of carboxylic acid groups (broad SMARTS) is 1. The first-order valence-electron chi connectivity index (χ1n) is 6.97. The van der Waals surface area contributed by atoms with Gasteiger partial charge in [0, 0.05) is 0 Å². The Bertz CT molecular complexity index is 516. The number of nitriles is 1. The van der Waals surface area contributed by atoms with Crippen molar-refractivity contribution in [3.05, 3.63) is 35.4 Å². The van der Waals surface area contributed by atoms with E-state index in [9.17, 15) is 9.59 Å². The molecule has 1 aromatic carbocycles. The lowest BCUT2D eigenvalue weighted by Crippen LogP contribution is -2.16. The molecule has 5 nitrogen and oxygen atoms in total. The van der Waals surface area contributed by atoms with Gasteiger partial charge in [0.2, 0.25) is 0 Å². The fourth-order valence-corrected chi connectivity index (χ4v) is 1.97. The molecule has 0 aliphatic rings. The molecule has 112 valence electrons. The molecule has 1 aromatic rings. The highest BCUT2D eigenvalue weighted by Gasteiger charge is 2.18. The maximum atomic E-state index is 11.4. The zero-order valence-corrected chi connectivity index (χ0v) is 12.0. The molecule has 0 saturated carbocycles. The van der Waals surface area contributed by atoms with Crippen LogP contribution in [0.3, 0.4) is 0 Å². The van der Waals surface area contributed by atoms with Crippen molar-refractivity contribution in [2.45, 2.75) is 32.6 Å². The Labute approximate surface area is 124 Å². The van der Waals surface area contributed by atoms with Gasteiger partial charge < -0.3 is 9.84 Å². The number of aryl methyl sites for hydroxylation is 1. The van der Waals surface area contributed by atoms with Gasteiger partial charge in [-0.15, -0.1) is 0 Å². The number of hydrogen-bond donors (Lipinski definition) is 1. The van der Waals surface area contributed by atoms with Crippen molar-refractivity contribution in [3.8, 4) is 6.07 Å². The Morgan fingerprint density at radius 3 is 2.48 bits per heavy atom. The van der Waals surface area contributed by atoms with Crippen LogP contribution in [0.15, 0.2) is 24.3 Å². The van der Waals surface area contributed by atoms with Gasteiger partial charge in [-0.3, -0.25) is 4.79 Å². The third-order valence-electron chi connectivity index (χ3n) is 3.14. The standard InChI is InChI=1S/C16H19NO4/c1-2-21-16(20)14(11-17)6-4-3-5-12-7-9-13(10-8-12)15(18)19/h7-10,14H,2-6H2,1H3,(H,18,19). The number of carbonyl (C=O) groups excluding carboxylic acids is 1. The van der Waals surface area contributed by atoms with Crippen molar-refractivity contribution in [2.75, 3.05) is 6.61 Å². The van der Waals surface area contributed by atoms with Crippen LogP contribution in [0.25, 0.3) is 0 Å². The third kappa shape index (κ3) is 5.65. The molecule has 0 radical (unpaired) electrons. The van der Waals surface area contributed by atoms with Gasteiger partial charge in [0.25, 0.3) is 0 Å². The van der Waals surface area contributed by atoms with E-state index in [2.05, 4.69) is 0 Å². The van der Waals surface area contributed by atoms with Crippen molar-refractivity contribution >= 4 is 11.9 Å². The van der Waals surface area contributed by atoms with Gasteiger partial charge in [0.15, 0.2) is 0 Å². The highest BCUT2D eigenvalue weighted by atomic mass is 16.5. The molecule has 1 atom stereocenters. The molecule has 0 amide bonds. The first-order valence-corrected chi connectivity index (χ1v) is 6.97. The van der Waals surface area contributed by atoms with Crippen LogP contribution in [0.4, 0.5) is 0 Å². The maximum Gasteiger partial charge on any atom is 0.335 e. The van der Waals surface area contributed by atoms with Gasteiger partial charge in [0.05, 0.1) is 18.2 Å². The molecule has 0 bridgehead atoms. The van der Waals surface area contributed by atoms with Crippen LogP contribution in [-0.4, -0.2) is 23.7 Å².